The van der Waals surface area contributed by atoms with Crippen molar-refractivity contribution in [1.82, 2.24) is 4.98 Å². The molecule has 11 heteroatoms. The predicted octanol–water partition coefficient (Wildman–Crippen LogP) is 3.44. The molecule has 1 aromatic rings. The van der Waals surface area contributed by atoms with E-state index in [0.29, 0.717) is 0 Å². The number of halogens is 7. The number of aromatic carboxylic acids is 1. The number of rotatable bonds is 3. The van der Waals surface area contributed by atoms with Gasteiger partial charge in [0, 0.05) is 11.8 Å². The highest BCUT2D eigenvalue weighted by atomic mass is 35.5. The topological polar surface area (TPSA) is 59.4 Å². The lowest BCUT2D eigenvalue weighted by Crippen LogP contribution is -2.22. The maximum Gasteiger partial charge on any atom is 0.574 e. The van der Waals surface area contributed by atoms with Crippen molar-refractivity contribution in [3.05, 3.63) is 22.9 Å². The number of aromatic nitrogens is 1. The van der Waals surface area contributed by atoms with E-state index < -0.39 is 47.0 Å². The van der Waals surface area contributed by atoms with Crippen molar-refractivity contribution in [3.8, 4) is 5.88 Å². The number of alkyl halides is 7. The number of carbonyl (C=O) groups is 1. The van der Waals surface area contributed by atoms with Crippen molar-refractivity contribution in [3.63, 3.8) is 0 Å². The molecule has 0 aliphatic heterocycles. The zero-order valence-electron chi connectivity index (χ0n) is 9.14. The Kier molecular flexibility index (Phi) is 4.37. The molecular weight excluding hydrogens is 320 g/mol. The molecule has 0 saturated heterocycles. The molecule has 1 rings (SSSR count). The highest BCUT2D eigenvalue weighted by molar-refractivity contribution is 6.17. The Hall–Kier alpha value is -1.71. The molecule has 0 radical (unpaired) electrons. The molecule has 0 aliphatic rings. The van der Waals surface area contributed by atoms with Crippen LogP contribution in [0.1, 0.15) is 21.5 Å². The number of ether oxygens (including phenoxy) is 1. The quantitative estimate of drug-likeness (QED) is 0.684. The second kappa shape index (κ2) is 5.35. The van der Waals surface area contributed by atoms with Crippen molar-refractivity contribution in [2.75, 3.05) is 0 Å². The molecule has 112 valence electrons. The summed E-state index contributed by atoms with van der Waals surface area (Å²) in [7, 11) is 0. The van der Waals surface area contributed by atoms with Crippen molar-refractivity contribution < 1.29 is 41.0 Å². The third kappa shape index (κ3) is 3.65. The maximum atomic E-state index is 12.8. The first-order valence-electron chi connectivity index (χ1n) is 4.61. The van der Waals surface area contributed by atoms with E-state index in [1.54, 1.807) is 0 Å². The highest BCUT2D eigenvalue weighted by Crippen LogP contribution is 2.39. The van der Waals surface area contributed by atoms with E-state index in [-0.39, 0.29) is 6.20 Å². The van der Waals surface area contributed by atoms with Crippen molar-refractivity contribution in [1.29, 1.82) is 0 Å². The van der Waals surface area contributed by atoms with Crippen LogP contribution in [0, 0.1) is 0 Å². The molecular formula is C9H4ClF6NO3. The molecule has 0 aliphatic carbocycles. The minimum Gasteiger partial charge on any atom is -0.478 e. The predicted molar refractivity (Wildman–Crippen MR) is 52.4 cm³/mol. The third-order valence-electron chi connectivity index (χ3n) is 2.00. The molecule has 0 unspecified atom stereocenters. The Morgan fingerprint density at radius 1 is 1.30 bits per heavy atom. The van der Waals surface area contributed by atoms with Gasteiger partial charge in [-0.2, -0.15) is 13.2 Å². The number of hydrogen-bond acceptors (Lipinski definition) is 3. The smallest absolute Gasteiger partial charge is 0.478 e. The highest BCUT2D eigenvalue weighted by Gasteiger charge is 2.42. The normalized spacial score (nSPS) is 12.3. The van der Waals surface area contributed by atoms with Gasteiger partial charge in [0.2, 0.25) is 5.88 Å². The second-order valence-corrected chi connectivity index (χ2v) is 3.58. The fourth-order valence-electron chi connectivity index (χ4n) is 1.34. The van der Waals surface area contributed by atoms with Crippen LogP contribution >= 0.6 is 11.6 Å². The summed E-state index contributed by atoms with van der Waals surface area (Å²) in [5.74, 6) is -4.51. The lowest BCUT2D eigenvalue weighted by atomic mass is 10.0. The van der Waals surface area contributed by atoms with Gasteiger partial charge in [-0.1, -0.05) is 0 Å². The van der Waals surface area contributed by atoms with Crippen molar-refractivity contribution in [2.24, 2.45) is 0 Å². The van der Waals surface area contributed by atoms with E-state index >= 15 is 0 Å². The van der Waals surface area contributed by atoms with Gasteiger partial charge in [-0.25, -0.2) is 9.78 Å². The van der Waals surface area contributed by atoms with Crippen LogP contribution in [-0.4, -0.2) is 22.4 Å². The van der Waals surface area contributed by atoms with Gasteiger partial charge in [0.1, 0.15) is 0 Å². The van der Waals surface area contributed by atoms with Crippen LogP contribution in [-0.2, 0) is 12.1 Å². The second-order valence-electron chi connectivity index (χ2n) is 3.31. The van der Waals surface area contributed by atoms with E-state index in [1.807, 2.05) is 0 Å². The summed E-state index contributed by atoms with van der Waals surface area (Å²) in [6.07, 6.45) is -10.4. The van der Waals surface area contributed by atoms with Crippen LogP contribution in [0.3, 0.4) is 0 Å². The monoisotopic (exact) mass is 323 g/mol. The van der Waals surface area contributed by atoms with Crippen LogP contribution in [0.5, 0.6) is 5.88 Å². The van der Waals surface area contributed by atoms with Crippen LogP contribution < -0.4 is 4.74 Å². The number of carboxylic acid groups (broad SMARTS) is 1. The van der Waals surface area contributed by atoms with Crippen LogP contribution in [0.15, 0.2) is 6.20 Å². The minimum absolute atomic E-state index is 0.127. The third-order valence-corrected chi connectivity index (χ3v) is 2.27. The molecule has 0 atom stereocenters. The Bertz CT molecular complexity index is 528. The van der Waals surface area contributed by atoms with Gasteiger partial charge < -0.3 is 9.84 Å². The summed E-state index contributed by atoms with van der Waals surface area (Å²) in [6.45, 7) is 0. The average Bonchev–Trinajstić information content (AvgIpc) is 2.24. The van der Waals surface area contributed by atoms with Crippen LogP contribution in [0.2, 0.25) is 0 Å². The fourth-order valence-corrected chi connectivity index (χ4v) is 1.59. The molecule has 1 aromatic heterocycles. The zero-order valence-corrected chi connectivity index (χ0v) is 9.90. The lowest BCUT2D eigenvalue weighted by Gasteiger charge is -2.17. The average molecular weight is 324 g/mol. The van der Waals surface area contributed by atoms with Gasteiger partial charge in [-0.05, 0) is 0 Å². The summed E-state index contributed by atoms with van der Waals surface area (Å²) in [5, 5.41) is 8.63. The van der Waals surface area contributed by atoms with Crippen molar-refractivity contribution in [2.45, 2.75) is 18.4 Å². The summed E-state index contributed by atoms with van der Waals surface area (Å²) in [4.78, 5) is 13.6. The molecule has 20 heavy (non-hydrogen) atoms. The Balaban J connectivity index is 3.57. The summed E-state index contributed by atoms with van der Waals surface area (Å²) in [6, 6.07) is 0. The van der Waals surface area contributed by atoms with Gasteiger partial charge in [-0.3, -0.25) is 0 Å². The molecule has 0 spiro atoms. The van der Waals surface area contributed by atoms with Gasteiger partial charge in [0.05, 0.1) is 17.0 Å². The molecule has 4 nitrogen and oxygen atoms in total. The maximum absolute atomic E-state index is 12.8. The lowest BCUT2D eigenvalue weighted by molar-refractivity contribution is -0.276. The fraction of sp³-hybridized carbons (Fsp3) is 0.333. The van der Waals surface area contributed by atoms with Gasteiger partial charge in [0.25, 0.3) is 0 Å². The summed E-state index contributed by atoms with van der Waals surface area (Å²) >= 11 is 5.17. The molecule has 0 saturated carbocycles. The molecule has 1 N–H and O–H groups in total. The van der Waals surface area contributed by atoms with E-state index in [2.05, 4.69) is 9.72 Å². The summed E-state index contributed by atoms with van der Waals surface area (Å²) < 4.78 is 77.8. The van der Waals surface area contributed by atoms with Crippen LogP contribution in [0.4, 0.5) is 26.3 Å². The first-order chi connectivity index (χ1) is 8.97. The van der Waals surface area contributed by atoms with Gasteiger partial charge in [0.15, 0.2) is 0 Å². The number of hydrogen-bond donors (Lipinski definition) is 1. The number of nitrogens with zero attached hydrogens (tertiary/aromatic N) is 1. The molecule has 1 heterocycles. The molecule has 0 amide bonds. The summed E-state index contributed by atoms with van der Waals surface area (Å²) in [5.41, 5.74) is -4.34. The van der Waals surface area contributed by atoms with Gasteiger partial charge in [-0.15, -0.1) is 24.8 Å². The zero-order chi connectivity index (χ0) is 15.7. The van der Waals surface area contributed by atoms with Crippen LogP contribution in [0.25, 0.3) is 0 Å². The van der Waals surface area contributed by atoms with E-state index in [1.165, 1.54) is 0 Å². The minimum atomic E-state index is -5.29. The Morgan fingerprint density at radius 3 is 2.20 bits per heavy atom. The van der Waals surface area contributed by atoms with E-state index in [0.717, 1.165) is 0 Å². The van der Waals surface area contributed by atoms with E-state index in [4.69, 9.17) is 16.7 Å². The first kappa shape index (κ1) is 16.3. The first-order valence-corrected chi connectivity index (χ1v) is 5.15. The molecule has 0 fully saturated rings. The standard InChI is InChI=1S/C9H4ClF6NO3/c10-1-3-5(8(11,12)13)4(7(18)19)2-17-6(3)20-9(14,15)16/h2H,1H2,(H,18,19). The van der Waals surface area contributed by atoms with Crippen molar-refractivity contribution >= 4 is 17.6 Å². The van der Waals surface area contributed by atoms with Gasteiger partial charge >= 0.3 is 18.5 Å². The molecule has 0 aromatic carbocycles. The van der Waals surface area contributed by atoms with E-state index in [9.17, 15) is 31.1 Å². The Labute approximate surface area is 111 Å². The number of pyridine rings is 1. The largest absolute Gasteiger partial charge is 0.574 e. The SMILES string of the molecule is O=C(O)c1cnc(OC(F)(F)F)c(CCl)c1C(F)(F)F. The Morgan fingerprint density at radius 2 is 1.85 bits per heavy atom. The number of carboxylic acids is 1. The molecule has 0 bridgehead atoms.